The molecule has 6 heteroatoms. The van der Waals surface area contributed by atoms with Gasteiger partial charge in [0, 0.05) is 19.6 Å². The fourth-order valence-electron chi connectivity index (χ4n) is 1.70. The Labute approximate surface area is 117 Å². The van der Waals surface area contributed by atoms with Gasteiger partial charge in [0.2, 0.25) is 0 Å². The van der Waals surface area contributed by atoms with Crippen molar-refractivity contribution in [3.8, 4) is 0 Å². The van der Waals surface area contributed by atoms with Gasteiger partial charge in [-0.1, -0.05) is 17.4 Å². The maximum atomic E-state index is 12.2. The fraction of sp³-hybridized carbons (Fsp3) is 0.538. The first-order valence-electron chi connectivity index (χ1n) is 6.51. The second kappa shape index (κ2) is 6.06. The summed E-state index contributed by atoms with van der Waals surface area (Å²) in [6.07, 6.45) is 6.02. The lowest BCUT2D eigenvalue weighted by Crippen LogP contribution is -2.27. The molecule has 0 unspecified atom stereocenters. The summed E-state index contributed by atoms with van der Waals surface area (Å²) in [5.74, 6) is 0.275. The zero-order valence-corrected chi connectivity index (χ0v) is 12.0. The molecule has 1 aliphatic carbocycles. The van der Waals surface area contributed by atoms with Crippen LogP contribution in [-0.4, -0.2) is 35.4 Å². The molecule has 3 N–H and O–H groups in total. The summed E-state index contributed by atoms with van der Waals surface area (Å²) in [7, 11) is 1.79. The molecule has 0 bridgehead atoms. The van der Waals surface area contributed by atoms with Crippen LogP contribution in [0.15, 0.2) is 12.7 Å². The van der Waals surface area contributed by atoms with E-state index in [2.05, 4.69) is 16.9 Å². The quantitative estimate of drug-likeness (QED) is 0.594. The standard InChI is InChI=1S/C13H20N4OS/c1-3-4-5-8-17(2)12(18)10-11(14)16-13(19-10)15-9-6-7-9/h3,9H,1,4-8,14H2,2H3,(H,15,16). The maximum absolute atomic E-state index is 12.2. The summed E-state index contributed by atoms with van der Waals surface area (Å²) in [5, 5.41) is 4.02. The van der Waals surface area contributed by atoms with Gasteiger partial charge >= 0.3 is 0 Å². The van der Waals surface area contributed by atoms with E-state index in [0.717, 1.165) is 18.0 Å². The molecule has 1 aliphatic rings. The fourth-order valence-corrected chi connectivity index (χ4v) is 2.65. The van der Waals surface area contributed by atoms with Gasteiger partial charge in [-0.25, -0.2) is 4.98 Å². The largest absolute Gasteiger partial charge is 0.382 e. The molecule has 0 atom stereocenters. The summed E-state index contributed by atoms with van der Waals surface area (Å²) in [6.45, 7) is 4.37. The summed E-state index contributed by atoms with van der Waals surface area (Å²) >= 11 is 1.34. The van der Waals surface area contributed by atoms with E-state index in [1.54, 1.807) is 11.9 Å². The Hall–Kier alpha value is -1.56. The van der Waals surface area contributed by atoms with Crippen LogP contribution in [0.25, 0.3) is 0 Å². The Morgan fingerprint density at radius 3 is 3.05 bits per heavy atom. The van der Waals surface area contributed by atoms with Gasteiger partial charge in [0.05, 0.1) is 0 Å². The number of unbranched alkanes of at least 4 members (excludes halogenated alkanes) is 1. The second-order valence-corrected chi connectivity index (χ2v) is 5.81. The number of rotatable bonds is 7. The van der Waals surface area contributed by atoms with Crippen LogP contribution in [0.3, 0.4) is 0 Å². The van der Waals surface area contributed by atoms with Gasteiger partial charge in [-0.3, -0.25) is 4.79 Å². The number of carbonyl (C=O) groups excluding carboxylic acids is 1. The number of thiazole rings is 1. The van der Waals surface area contributed by atoms with Crippen molar-refractivity contribution in [2.75, 3.05) is 24.6 Å². The number of carbonyl (C=O) groups is 1. The highest BCUT2D eigenvalue weighted by molar-refractivity contribution is 7.18. The molecule has 19 heavy (non-hydrogen) atoms. The molecule has 104 valence electrons. The molecule has 0 spiro atoms. The van der Waals surface area contributed by atoms with Crippen LogP contribution in [0.5, 0.6) is 0 Å². The van der Waals surface area contributed by atoms with Crippen molar-refractivity contribution in [3.63, 3.8) is 0 Å². The van der Waals surface area contributed by atoms with Crippen molar-refractivity contribution in [1.82, 2.24) is 9.88 Å². The predicted octanol–water partition coefficient (Wildman–Crippen LogP) is 2.34. The molecule has 1 heterocycles. The lowest BCUT2D eigenvalue weighted by molar-refractivity contribution is 0.0799. The van der Waals surface area contributed by atoms with E-state index in [1.807, 2.05) is 6.08 Å². The Morgan fingerprint density at radius 2 is 2.42 bits per heavy atom. The molecule has 0 aromatic carbocycles. The van der Waals surface area contributed by atoms with Gasteiger partial charge in [-0.15, -0.1) is 6.58 Å². The van der Waals surface area contributed by atoms with Crippen molar-refractivity contribution in [3.05, 3.63) is 17.5 Å². The van der Waals surface area contributed by atoms with E-state index >= 15 is 0 Å². The minimum atomic E-state index is -0.0529. The van der Waals surface area contributed by atoms with Crippen LogP contribution in [0.2, 0.25) is 0 Å². The first kappa shape index (κ1) is 13.9. The minimum Gasteiger partial charge on any atom is -0.382 e. The topological polar surface area (TPSA) is 71.2 Å². The van der Waals surface area contributed by atoms with Crippen LogP contribution >= 0.6 is 11.3 Å². The molecular formula is C13H20N4OS. The molecule has 1 amide bonds. The summed E-state index contributed by atoms with van der Waals surface area (Å²) < 4.78 is 0. The zero-order chi connectivity index (χ0) is 13.8. The maximum Gasteiger partial charge on any atom is 0.267 e. The number of anilines is 2. The Kier molecular flexibility index (Phi) is 4.42. The van der Waals surface area contributed by atoms with E-state index in [-0.39, 0.29) is 5.91 Å². The van der Waals surface area contributed by atoms with Crippen LogP contribution < -0.4 is 11.1 Å². The van der Waals surface area contributed by atoms with Gasteiger partial charge in [0.15, 0.2) is 5.13 Å². The van der Waals surface area contributed by atoms with Crippen molar-refractivity contribution >= 4 is 28.2 Å². The molecule has 1 aromatic heterocycles. The lowest BCUT2D eigenvalue weighted by Gasteiger charge is -2.15. The Bertz CT molecular complexity index is 467. The SMILES string of the molecule is C=CCCCN(C)C(=O)c1sc(NC2CC2)nc1N. The van der Waals surface area contributed by atoms with Gasteiger partial charge in [-0.2, -0.15) is 0 Å². The molecular weight excluding hydrogens is 260 g/mol. The van der Waals surface area contributed by atoms with E-state index in [1.165, 1.54) is 24.2 Å². The number of allylic oxidation sites excluding steroid dienone is 1. The molecule has 1 aromatic rings. The van der Waals surface area contributed by atoms with Gasteiger partial charge < -0.3 is 16.0 Å². The third-order valence-electron chi connectivity index (χ3n) is 3.00. The second-order valence-electron chi connectivity index (χ2n) is 4.81. The molecule has 1 fully saturated rings. The highest BCUT2D eigenvalue weighted by Gasteiger charge is 2.25. The van der Waals surface area contributed by atoms with Gasteiger partial charge in [0.1, 0.15) is 10.7 Å². The normalized spacial score (nSPS) is 14.2. The van der Waals surface area contributed by atoms with Crippen LogP contribution in [0.4, 0.5) is 10.9 Å². The first-order valence-corrected chi connectivity index (χ1v) is 7.32. The third-order valence-corrected chi connectivity index (χ3v) is 3.99. The summed E-state index contributed by atoms with van der Waals surface area (Å²) in [5.41, 5.74) is 5.83. The number of amides is 1. The Morgan fingerprint density at radius 1 is 1.68 bits per heavy atom. The average Bonchev–Trinajstić information content (AvgIpc) is 3.11. The molecule has 0 aliphatic heterocycles. The molecule has 0 saturated heterocycles. The lowest BCUT2D eigenvalue weighted by atomic mass is 10.3. The highest BCUT2D eigenvalue weighted by atomic mass is 32.1. The summed E-state index contributed by atoms with van der Waals surface area (Å²) in [4.78, 5) is 18.7. The molecule has 0 radical (unpaired) electrons. The van der Waals surface area contributed by atoms with Crippen LogP contribution in [-0.2, 0) is 0 Å². The van der Waals surface area contributed by atoms with Crippen molar-refractivity contribution in [2.45, 2.75) is 31.7 Å². The van der Waals surface area contributed by atoms with E-state index in [9.17, 15) is 4.79 Å². The van der Waals surface area contributed by atoms with Crippen molar-refractivity contribution in [2.24, 2.45) is 0 Å². The monoisotopic (exact) mass is 280 g/mol. The van der Waals surface area contributed by atoms with Crippen LogP contribution in [0, 0.1) is 0 Å². The first-order chi connectivity index (χ1) is 9.11. The molecule has 1 saturated carbocycles. The van der Waals surface area contributed by atoms with Gasteiger partial charge in [-0.05, 0) is 25.7 Å². The number of nitrogens with zero attached hydrogens (tertiary/aromatic N) is 2. The number of hydrogen-bond donors (Lipinski definition) is 2. The highest BCUT2D eigenvalue weighted by Crippen LogP contribution is 2.31. The number of aromatic nitrogens is 1. The third kappa shape index (κ3) is 3.70. The minimum absolute atomic E-state index is 0.0529. The van der Waals surface area contributed by atoms with E-state index in [0.29, 0.717) is 23.3 Å². The number of nitrogen functional groups attached to an aromatic ring is 1. The molecule has 2 rings (SSSR count). The number of nitrogens with two attached hydrogens (primary N) is 1. The number of hydrogen-bond acceptors (Lipinski definition) is 5. The predicted molar refractivity (Wildman–Crippen MR) is 79.6 cm³/mol. The summed E-state index contributed by atoms with van der Waals surface area (Å²) in [6, 6.07) is 0.513. The van der Waals surface area contributed by atoms with Crippen LogP contribution in [0.1, 0.15) is 35.4 Å². The smallest absolute Gasteiger partial charge is 0.267 e. The van der Waals surface area contributed by atoms with Crippen molar-refractivity contribution in [1.29, 1.82) is 0 Å². The average molecular weight is 280 g/mol. The Balaban J connectivity index is 1.96. The van der Waals surface area contributed by atoms with Crippen molar-refractivity contribution < 1.29 is 4.79 Å². The number of nitrogens with one attached hydrogen (secondary N) is 1. The molecule has 5 nitrogen and oxygen atoms in total. The van der Waals surface area contributed by atoms with Gasteiger partial charge in [0.25, 0.3) is 5.91 Å². The zero-order valence-electron chi connectivity index (χ0n) is 11.2. The van der Waals surface area contributed by atoms with E-state index in [4.69, 9.17) is 5.73 Å². The van der Waals surface area contributed by atoms with E-state index < -0.39 is 0 Å².